The summed E-state index contributed by atoms with van der Waals surface area (Å²) in [6.07, 6.45) is 0. The maximum atomic E-state index is 11.0. The number of hydrogen-bond donors (Lipinski definition) is 3. The number of carboxylic acids is 1. The normalized spacial score (nSPS) is 12.3. The van der Waals surface area contributed by atoms with Crippen LogP contribution in [0.5, 0.6) is 0 Å². The van der Waals surface area contributed by atoms with Crippen molar-refractivity contribution in [2.75, 3.05) is 5.75 Å². The van der Waals surface area contributed by atoms with Gasteiger partial charge >= 0.3 is 5.97 Å². The number of aryl methyl sites for hydroxylation is 1. The number of fused-ring (bicyclic) bond motifs is 1. The summed E-state index contributed by atoms with van der Waals surface area (Å²) in [6.45, 7) is 3.29. The Hall–Kier alpha value is -2.02. The molecule has 0 spiro atoms. The molecule has 0 saturated carbocycles. The summed E-state index contributed by atoms with van der Waals surface area (Å²) < 4.78 is 0. The van der Waals surface area contributed by atoms with Gasteiger partial charge in [-0.3, -0.25) is 4.79 Å². The summed E-state index contributed by atoms with van der Waals surface area (Å²) in [4.78, 5) is 29.5. The van der Waals surface area contributed by atoms with E-state index in [0.29, 0.717) is 5.16 Å². The smallest absolute Gasteiger partial charge is 0.327 e. The van der Waals surface area contributed by atoms with E-state index in [1.165, 1.54) is 18.7 Å². The van der Waals surface area contributed by atoms with Crippen molar-refractivity contribution in [2.24, 2.45) is 0 Å². The highest BCUT2D eigenvalue weighted by Gasteiger charge is 2.19. The van der Waals surface area contributed by atoms with Crippen LogP contribution in [0.4, 0.5) is 0 Å². The SMILES string of the molecule is CC(=O)NC(CSc1nc2ccc(C)cc2[nH]1)C(=O)O. The van der Waals surface area contributed by atoms with Crippen molar-refractivity contribution in [2.45, 2.75) is 25.0 Å². The van der Waals surface area contributed by atoms with Gasteiger partial charge in [-0.15, -0.1) is 0 Å². The van der Waals surface area contributed by atoms with Crippen LogP contribution in [-0.2, 0) is 9.59 Å². The third kappa shape index (κ3) is 3.51. The Morgan fingerprint density at radius 2 is 2.25 bits per heavy atom. The molecule has 0 saturated heterocycles. The number of carbonyl (C=O) groups excluding carboxylic acids is 1. The highest BCUT2D eigenvalue weighted by atomic mass is 32.2. The number of amides is 1. The molecule has 0 radical (unpaired) electrons. The lowest BCUT2D eigenvalue weighted by Crippen LogP contribution is -2.41. The summed E-state index contributed by atoms with van der Waals surface area (Å²) in [6, 6.07) is 4.94. The minimum atomic E-state index is -1.06. The number of nitrogens with one attached hydrogen (secondary N) is 2. The molecule has 7 heteroatoms. The van der Waals surface area contributed by atoms with E-state index in [2.05, 4.69) is 15.3 Å². The average Bonchev–Trinajstić information content (AvgIpc) is 2.75. The van der Waals surface area contributed by atoms with Gasteiger partial charge in [-0.05, 0) is 24.6 Å². The minimum Gasteiger partial charge on any atom is -0.480 e. The second-order valence-corrected chi connectivity index (χ2v) is 5.47. The number of carboxylic acid groups (broad SMARTS) is 1. The van der Waals surface area contributed by atoms with Crippen LogP contribution < -0.4 is 5.32 Å². The number of thioether (sulfide) groups is 1. The number of hydrogen-bond acceptors (Lipinski definition) is 4. The number of H-pyrrole nitrogens is 1. The van der Waals surface area contributed by atoms with E-state index in [-0.39, 0.29) is 11.7 Å². The molecule has 1 unspecified atom stereocenters. The van der Waals surface area contributed by atoms with Crippen molar-refractivity contribution in [3.63, 3.8) is 0 Å². The van der Waals surface area contributed by atoms with Gasteiger partial charge in [0.2, 0.25) is 5.91 Å². The fraction of sp³-hybridized carbons (Fsp3) is 0.308. The fourth-order valence-electron chi connectivity index (χ4n) is 1.75. The number of nitrogens with zero attached hydrogens (tertiary/aromatic N) is 1. The van der Waals surface area contributed by atoms with Crippen LogP contribution in [0.25, 0.3) is 11.0 Å². The van der Waals surface area contributed by atoms with E-state index in [9.17, 15) is 9.59 Å². The maximum absolute atomic E-state index is 11.0. The number of aliphatic carboxylic acids is 1. The molecule has 1 aromatic heterocycles. The molecule has 1 heterocycles. The van der Waals surface area contributed by atoms with Crippen LogP contribution in [0, 0.1) is 6.92 Å². The van der Waals surface area contributed by atoms with Crippen LogP contribution >= 0.6 is 11.8 Å². The molecule has 0 aliphatic carbocycles. The summed E-state index contributed by atoms with van der Waals surface area (Å²) in [7, 11) is 0. The predicted octanol–water partition coefficient (Wildman–Crippen LogP) is 1.55. The molecular formula is C13H15N3O3S. The second-order valence-electron chi connectivity index (χ2n) is 4.46. The zero-order valence-electron chi connectivity index (χ0n) is 11.1. The number of imidazole rings is 1. The summed E-state index contributed by atoms with van der Waals surface area (Å²) in [5.41, 5.74) is 2.88. The highest BCUT2D eigenvalue weighted by molar-refractivity contribution is 7.99. The lowest BCUT2D eigenvalue weighted by Gasteiger charge is -2.11. The zero-order chi connectivity index (χ0) is 14.7. The van der Waals surface area contributed by atoms with Crippen molar-refractivity contribution in [3.8, 4) is 0 Å². The van der Waals surface area contributed by atoms with Crippen LogP contribution in [0.2, 0.25) is 0 Å². The van der Waals surface area contributed by atoms with Crippen molar-refractivity contribution in [1.82, 2.24) is 15.3 Å². The topological polar surface area (TPSA) is 95.1 Å². The quantitative estimate of drug-likeness (QED) is 0.727. The van der Waals surface area contributed by atoms with E-state index >= 15 is 0 Å². The standard InChI is InChI=1S/C13H15N3O3S/c1-7-3-4-9-10(5-7)16-13(15-9)20-6-11(12(18)19)14-8(2)17/h3-5,11H,6H2,1-2H3,(H,14,17)(H,15,16)(H,18,19). The lowest BCUT2D eigenvalue weighted by molar-refractivity contribution is -0.140. The van der Waals surface area contributed by atoms with Gasteiger partial charge in [0.1, 0.15) is 6.04 Å². The van der Waals surface area contributed by atoms with Gasteiger partial charge in [0.15, 0.2) is 5.16 Å². The van der Waals surface area contributed by atoms with E-state index < -0.39 is 12.0 Å². The second kappa shape index (κ2) is 5.96. The summed E-state index contributed by atoms with van der Waals surface area (Å²) in [5, 5.41) is 12.1. The molecule has 6 nitrogen and oxygen atoms in total. The van der Waals surface area contributed by atoms with Crippen LogP contribution in [0.15, 0.2) is 23.4 Å². The predicted molar refractivity (Wildman–Crippen MR) is 76.8 cm³/mol. The first-order valence-corrected chi connectivity index (χ1v) is 7.03. The van der Waals surface area contributed by atoms with Gasteiger partial charge in [0, 0.05) is 12.7 Å². The van der Waals surface area contributed by atoms with Gasteiger partial charge in [0.05, 0.1) is 11.0 Å². The molecule has 2 rings (SSSR count). The van der Waals surface area contributed by atoms with E-state index in [0.717, 1.165) is 16.6 Å². The van der Waals surface area contributed by atoms with E-state index in [1.807, 2.05) is 25.1 Å². The molecule has 20 heavy (non-hydrogen) atoms. The van der Waals surface area contributed by atoms with Crippen LogP contribution in [0.1, 0.15) is 12.5 Å². The molecule has 0 aliphatic rings. The number of benzene rings is 1. The Bertz CT molecular complexity index is 653. The maximum Gasteiger partial charge on any atom is 0.327 e. The molecule has 3 N–H and O–H groups in total. The van der Waals surface area contributed by atoms with Gasteiger partial charge in [0.25, 0.3) is 0 Å². The van der Waals surface area contributed by atoms with E-state index in [1.54, 1.807) is 0 Å². The molecule has 0 bridgehead atoms. The Kier molecular flexibility index (Phi) is 4.29. The first-order chi connectivity index (χ1) is 9.45. The zero-order valence-corrected chi connectivity index (χ0v) is 12.0. The van der Waals surface area contributed by atoms with Crippen LogP contribution in [-0.4, -0.2) is 38.7 Å². The van der Waals surface area contributed by atoms with E-state index in [4.69, 9.17) is 5.11 Å². The van der Waals surface area contributed by atoms with Crippen molar-refractivity contribution in [3.05, 3.63) is 23.8 Å². The third-order valence-corrected chi connectivity index (χ3v) is 3.64. The minimum absolute atomic E-state index is 0.216. The first kappa shape index (κ1) is 14.4. The molecule has 106 valence electrons. The first-order valence-electron chi connectivity index (χ1n) is 6.05. The van der Waals surface area contributed by atoms with Gasteiger partial charge in [-0.25, -0.2) is 9.78 Å². The summed E-state index contributed by atoms with van der Waals surface area (Å²) in [5.74, 6) is -1.20. The van der Waals surface area contributed by atoms with Crippen molar-refractivity contribution < 1.29 is 14.7 Å². The van der Waals surface area contributed by atoms with Crippen molar-refractivity contribution >= 4 is 34.7 Å². The largest absolute Gasteiger partial charge is 0.480 e. The number of aromatic nitrogens is 2. The summed E-state index contributed by atoms with van der Waals surface area (Å²) >= 11 is 1.27. The molecule has 1 aromatic carbocycles. The van der Waals surface area contributed by atoms with Gasteiger partial charge < -0.3 is 15.4 Å². The Labute approximate surface area is 120 Å². The Balaban J connectivity index is 2.07. The lowest BCUT2D eigenvalue weighted by atomic mass is 10.2. The van der Waals surface area contributed by atoms with Crippen molar-refractivity contribution in [1.29, 1.82) is 0 Å². The monoisotopic (exact) mass is 293 g/mol. The molecular weight excluding hydrogens is 278 g/mol. The molecule has 0 fully saturated rings. The van der Waals surface area contributed by atoms with Gasteiger partial charge in [-0.1, -0.05) is 17.8 Å². The Morgan fingerprint density at radius 1 is 1.50 bits per heavy atom. The number of aromatic amines is 1. The van der Waals surface area contributed by atoms with Crippen LogP contribution in [0.3, 0.4) is 0 Å². The van der Waals surface area contributed by atoms with Gasteiger partial charge in [-0.2, -0.15) is 0 Å². The highest BCUT2D eigenvalue weighted by Crippen LogP contribution is 2.20. The number of carbonyl (C=O) groups is 2. The molecule has 1 amide bonds. The Morgan fingerprint density at radius 3 is 2.90 bits per heavy atom. The third-order valence-electron chi connectivity index (χ3n) is 2.68. The number of rotatable bonds is 5. The molecule has 0 aliphatic heterocycles. The fourth-order valence-corrected chi connectivity index (χ4v) is 2.65. The average molecular weight is 293 g/mol. The molecule has 2 aromatic rings. The molecule has 1 atom stereocenters.